The molecule has 1 aliphatic rings. The third-order valence-electron chi connectivity index (χ3n) is 4.77. The summed E-state index contributed by atoms with van der Waals surface area (Å²) >= 11 is 6.03. The number of hydrogen-bond acceptors (Lipinski definition) is 2. The molecule has 2 rings (SSSR count). The summed E-state index contributed by atoms with van der Waals surface area (Å²) in [6.45, 7) is 6.12. The summed E-state index contributed by atoms with van der Waals surface area (Å²) in [7, 11) is 0. The number of nitrogens with two attached hydrogens (primary N) is 1. The lowest BCUT2D eigenvalue weighted by Gasteiger charge is -2.49. The summed E-state index contributed by atoms with van der Waals surface area (Å²) in [6, 6.07) is 7.74. The van der Waals surface area contributed by atoms with E-state index < -0.39 is 6.04 Å². The van der Waals surface area contributed by atoms with E-state index in [1.807, 2.05) is 12.1 Å². The molecule has 3 N–H and O–H groups in total. The molecule has 1 aromatic carbocycles. The van der Waals surface area contributed by atoms with Gasteiger partial charge in [-0.15, -0.1) is 0 Å². The number of amides is 1. The van der Waals surface area contributed by atoms with E-state index in [9.17, 15) is 4.79 Å². The molecule has 0 radical (unpaired) electrons. The van der Waals surface area contributed by atoms with Gasteiger partial charge in [0.25, 0.3) is 0 Å². The summed E-state index contributed by atoms with van der Waals surface area (Å²) in [5.74, 6) is 0.453. The summed E-state index contributed by atoms with van der Waals surface area (Å²) in [6.07, 6.45) is 4.36. The minimum atomic E-state index is -0.475. The molecule has 0 spiro atoms. The first kappa shape index (κ1) is 17.3. The van der Waals surface area contributed by atoms with Crippen molar-refractivity contribution < 1.29 is 4.79 Å². The topological polar surface area (TPSA) is 55.1 Å². The molecule has 3 nitrogen and oxygen atoms in total. The van der Waals surface area contributed by atoms with E-state index in [4.69, 9.17) is 17.3 Å². The standard InChI is InChI=1S/C18H27ClN2O/c1-12(2)11-16(21-17(22)13(3)20)18(9-4-10-18)14-5-7-15(19)8-6-14/h5-8,12-13,16H,4,9-11,20H2,1-3H3,(H,21,22). The summed E-state index contributed by atoms with van der Waals surface area (Å²) < 4.78 is 0. The second-order valence-corrected chi connectivity index (χ2v) is 7.43. The van der Waals surface area contributed by atoms with Crippen LogP contribution in [0.25, 0.3) is 0 Å². The number of benzene rings is 1. The molecule has 1 saturated carbocycles. The van der Waals surface area contributed by atoms with Gasteiger partial charge in [0.15, 0.2) is 0 Å². The molecule has 1 amide bonds. The molecule has 0 aromatic heterocycles. The van der Waals surface area contributed by atoms with Gasteiger partial charge in [0.1, 0.15) is 0 Å². The lowest BCUT2D eigenvalue weighted by Crippen LogP contribution is -2.57. The first-order chi connectivity index (χ1) is 10.3. The summed E-state index contributed by atoms with van der Waals surface area (Å²) in [5.41, 5.74) is 7.05. The quantitative estimate of drug-likeness (QED) is 0.840. The molecule has 1 fully saturated rings. The Morgan fingerprint density at radius 2 is 1.86 bits per heavy atom. The van der Waals surface area contributed by atoms with Crippen LogP contribution in [0.3, 0.4) is 0 Å². The SMILES string of the molecule is CC(C)CC(NC(=O)C(C)N)C1(c2ccc(Cl)cc2)CCC1. The second-order valence-electron chi connectivity index (χ2n) is 7.00. The fourth-order valence-electron chi connectivity index (χ4n) is 3.38. The molecule has 0 heterocycles. The number of hydrogen-bond donors (Lipinski definition) is 2. The van der Waals surface area contributed by atoms with Gasteiger partial charge in [0.05, 0.1) is 6.04 Å². The molecule has 0 saturated heterocycles. The molecule has 22 heavy (non-hydrogen) atoms. The van der Waals surface area contributed by atoms with E-state index in [0.29, 0.717) is 5.92 Å². The van der Waals surface area contributed by atoms with Crippen molar-refractivity contribution in [3.63, 3.8) is 0 Å². The van der Waals surface area contributed by atoms with Crippen LogP contribution in [-0.2, 0) is 10.2 Å². The van der Waals surface area contributed by atoms with Gasteiger partial charge in [-0.2, -0.15) is 0 Å². The fourth-order valence-corrected chi connectivity index (χ4v) is 3.50. The minimum absolute atomic E-state index is 0.0272. The molecule has 2 unspecified atom stereocenters. The van der Waals surface area contributed by atoms with Crippen LogP contribution >= 0.6 is 11.6 Å². The Bertz CT molecular complexity index is 506. The molecular formula is C18H27ClN2O. The maximum atomic E-state index is 12.1. The van der Waals surface area contributed by atoms with Crippen molar-refractivity contribution in [1.82, 2.24) is 5.32 Å². The monoisotopic (exact) mass is 322 g/mol. The highest BCUT2D eigenvalue weighted by atomic mass is 35.5. The van der Waals surface area contributed by atoms with Crippen LogP contribution in [0, 0.1) is 5.92 Å². The van der Waals surface area contributed by atoms with E-state index >= 15 is 0 Å². The maximum absolute atomic E-state index is 12.1. The molecule has 0 aliphatic heterocycles. The van der Waals surface area contributed by atoms with Gasteiger partial charge in [-0.3, -0.25) is 4.79 Å². The largest absolute Gasteiger partial charge is 0.351 e. The van der Waals surface area contributed by atoms with Crippen LogP contribution in [0.15, 0.2) is 24.3 Å². The zero-order valence-corrected chi connectivity index (χ0v) is 14.5. The number of rotatable bonds is 6. The Kier molecular flexibility index (Phi) is 5.51. The lowest BCUT2D eigenvalue weighted by molar-refractivity contribution is -0.123. The molecule has 2 atom stereocenters. The zero-order valence-electron chi connectivity index (χ0n) is 13.7. The van der Waals surface area contributed by atoms with E-state index in [1.165, 1.54) is 12.0 Å². The van der Waals surface area contributed by atoms with Gasteiger partial charge >= 0.3 is 0 Å². The van der Waals surface area contributed by atoms with E-state index in [1.54, 1.807) is 6.92 Å². The maximum Gasteiger partial charge on any atom is 0.236 e. The van der Waals surface area contributed by atoms with Gasteiger partial charge < -0.3 is 11.1 Å². The van der Waals surface area contributed by atoms with Crippen molar-refractivity contribution in [2.24, 2.45) is 11.7 Å². The van der Waals surface area contributed by atoms with Gasteiger partial charge in [-0.1, -0.05) is 44.0 Å². The normalized spacial score (nSPS) is 19.4. The van der Waals surface area contributed by atoms with Crippen LogP contribution < -0.4 is 11.1 Å². The zero-order chi connectivity index (χ0) is 16.3. The third kappa shape index (κ3) is 3.64. The predicted molar refractivity (Wildman–Crippen MR) is 92.0 cm³/mol. The minimum Gasteiger partial charge on any atom is -0.351 e. The van der Waals surface area contributed by atoms with Crippen LogP contribution in [0.2, 0.25) is 5.02 Å². The smallest absolute Gasteiger partial charge is 0.236 e. The van der Waals surface area contributed by atoms with E-state index in [-0.39, 0.29) is 17.4 Å². The Balaban J connectivity index is 2.29. The molecule has 1 aromatic rings. The third-order valence-corrected chi connectivity index (χ3v) is 5.02. The van der Waals surface area contributed by atoms with Crippen LogP contribution in [-0.4, -0.2) is 18.0 Å². The highest BCUT2D eigenvalue weighted by Crippen LogP contribution is 2.48. The average Bonchev–Trinajstić information content (AvgIpc) is 2.38. The van der Waals surface area contributed by atoms with Crippen molar-refractivity contribution in [1.29, 1.82) is 0 Å². The van der Waals surface area contributed by atoms with Crippen LogP contribution in [0.5, 0.6) is 0 Å². The fraction of sp³-hybridized carbons (Fsp3) is 0.611. The molecule has 0 bridgehead atoms. The Hall–Kier alpha value is -1.06. The molecular weight excluding hydrogens is 296 g/mol. The Morgan fingerprint density at radius 1 is 1.27 bits per heavy atom. The van der Waals surface area contributed by atoms with Crippen LogP contribution in [0.1, 0.15) is 52.0 Å². The molecule has 122 valence electrons. The summed E-state index contributed by atoms with van der Waals surface area (Å²) in [4.78, 5) is 12.1. The molecule has 4 heteroatoms. The number of carbonyl (C=O) groups excluding carboxylic acids is 1. The predicted octanol–water partition coefficient (Wildman–Crippen LogP) is 3.64. The van der Waals surface area contributed by atoms with Gasteiger partial charge in [-0.05, 0) is 49.8 Å². The van der Waals surface area contributed by atoms with Crippen molar-refractivity contribution in [2.45, 2.75) is 64.0 Å². The van der Waals surface area contributed by atoms with Crippen molar-refractivity contribution in [3.05, 3.63) is 34.9 Å². The highest BCUT2D eigenvalue weighted by molar-refractivity contribution is 6.30. The number of nitrogens with one attached hydrogen (secondary N) is 1. The van der Waals surface area contributed by atoms with Gasteiger partial charge in [0.2, 0.25) is 5.91 Å². The van der Waals surface area contributed by atoms with E-state index in [0.717, 1.165) is 24.3 Å². The highest BCUT2D eigenvalue weighted by Gasteiger charge is 2.46. The lowest BCUT2D eigenvalue weighted by atomic mass is 9.59. The van der Waals surface area contributed by atoms with Crippen molar-refractivity contribution in [3.8, 4) is 0 Å². The summed E-state index contributed by atoms with van der Waals surface area (Å²) in [5, 5.41) is 3.96. The van der Waals surface area contributed by atoms with Crippen LogP contribution in [0.4, 0.5) is 0 Å². The van der Waals surface area contributed by atoms with Gasteiger partial charge in [-0.25, -0.2) is 0 Å². The Morgan fingerprint density at radius 3 is 2.27 bits per heavy atom. The average molecular weight is 323 g/mol. The Labute approximate surface area is 138 Å². The first-order valence-corrected chi connectivity index (χ1v) is 8.55. The number of carbonyl (C=O) groups is 1. The van der Waals surface area contributed by atoms with Crippen molar-refractivity contribution in [2.75, 3.05) is 0 Å². The van der Waals surface area contributed by atoms with E-state index in [2.05, 4.69) is 31.3 Å². The van der Waals surface area contributed by atoms with Gasteiger partial charge in [0, 0.05) is 16.5 Å². The first-order valence-electron chi connectivity index (χ1n) is 8.17. The van der Waals surface area contributed by atoms with Crippen molar-refractivity contribution >= 4 is 17.5 Å². The molecule has 1 aliphatic carbocycles. The number of halogens is 1. The second kappa shape index (κ2) is 7.01.